The maximum atomic E-state index is 12.0. The van der Waals surface area contributed by atoms with Crippen molar-refractivity contribution < 1.29 is 9.59 Å². The van der Waals surface area contributed by atoms with Crippen molar-refractivity contribution in [2.75, 3.05) is 26.7 Å². The second kappa shape index (κ2) is 3.92. The van der Waals surface area contributed by atoms with Crippen LogP contribution in [-0.4, -0.2) is 48.3 Å². The number of piperidine rings is 1. The van der Waals surface area contributed by atoms with Crippen molar-refractivity contribution in [1.82, 2.24) is 9.80 Å². The highest BCUT2D eigenvalue weighted by atomic mass is 16.2. The van der Waals surface area contributed by atoms with Crippen molar-refractivity contribution in [3.63, 3.8) is 0 Å². The standard InChI is InChI=1S/C12H18N2O2/c1-3-10(15)14-8-5-12(6-9-14)4-7-13(2)11(12)16/h3H,1,4-9H2,2H3. The van der Waals surface area contributed by atoms with Crippen molar-refractivity contribution in [2.45, 2.75) is 19.3 Å². The minimum Gasteiger partial charge on any atom is -0.345 e. The molecule has 2 aliphatic rings. The molecule has 16 heavy (non-hydrogen) atoms. The molecule has 0 N–H and O–H groups in total. The van der Waals surface area contributed by atoms with E-state index >= 15 is 0 Å². The van der Waals surface area contributed by atoms with Crippen molar-refractivity contribution in [2.24, 2.45) is 5.41 Å². The van der Waals surface area contributed by atoms with Crippen LogP contribution in [0.1, 0.15) is 19.3 Å². The van der Waals surface area contributed by atoms with E-state index in [2.05, 4.69) is 6.58 Å². The van der Waals surface area contributed by atoms with Crippen LogP contribution >= 0.6 is 0 Å². The van der Waals surface area contributed by atoms with Gasteiger partial charge in [0.25, 0.3) is 0 Å². The molecule has 2 amide bonds. The van der Waals surface area contributed by atoms with Crippen LogP contribution in [0.5, 0.6) is 0 Å². The number of carbonyl (C=O) groups is 2. The molecule has 0 aliphatic carbocycles. The predicted molar refractivity (Wildman–Crippen MR) is 60.7 cm³/mol. The van der Waals surface area contributed by atoms with Crippen molar-refractivity contribution in [3.8, 4) is 0 Å². The Morgan fingerprint density at radius 3 is 2.31 bits per heavy atom. The second-order valence-electron chi connectivity index (χ2n) is 4.79. The van der Waals surface area contributed by atoms with Crippen molar-refractivity contribution in [1.29, 1.82) is 0 Å². The number of amides is 2. The summed E-state index contributed by atoms with van der Waals surface area (Å²) in [4.78, 5) is 27.1. The summed E-state index contributed by atoms with van der Waals surface area (Å²) in [5, 5.41) is 0. The van der Waals surface area contributed by atoms with Gasteiger partial charge in [-0.05, 0) is 25.3 Å². The lowest BCUT2D eigenvalue weighted by atomic mass is 9.77. The number of carbonyl (C=O) groups excluding carboxylic acids is 2. The number of hydrogen-bond acceptors (Lipinski definition) is 2. The lowest BCUT2D eigenvalue weighted by Crippen LogP contribution is -2.45. The highest BCUT2D eigenvalue weighted by Crippen LogP contribution is 2.40. The molecule has 0 saturated carbocycles. The van der Waals surface area contributed by atoms with Gasteiger partial charge < -0.3 is 9.80 Å². The lowest BCUT2D eigenvalue weighted by Gasteiger charge is -2.37. The molecule has 2 aliphatic heterocycles. The molecule has 0 bridgehead atoms. The highest BCUT2D eigenvalue weighted by Gasteiger charge is 2.47. The quantitative estimate of drug-likeness (QED) is 0.611. The first-order valence-corrected chi connectivity index (χ1v) is 5.76. The average molecular weight is 222 g/mol. The van der Waals surface area contributed by atoms with Gasteiger partial charge in [0.15, 0.2) is 0 Å². The van der Waals surface area contributed by atoms with E-state index in [0.717, 1.165) is 25.8 Å². The Balaban J connectivity index is 2.02. The van der Waals surface area contributed by atoms with Crippen LogP contribution in [0.2, 0.25) is 0 Å². The number of rotatable bonds is 1. The maximum Gasteiger partial charge on any atom is 0.245 e. The van der Waals surface area contributed by atoms with Crippen LogP contribution in [0, 0.1) is 5.41 Å². The zero-order valence-corrected chi connectivity index (χ0v) is 9.74. The molecule has 0 unspecified atom stereocenters. The van der Waals surface area contributed by atoms with Crippen LogP contribution in [0.3, 0.4) is 0 Å². The summed E-state index contributed by atoms with van der Waals surface area (Å²) in [5.41, 5.74) is -0.174. The molecule has 4 nitrogen and oxygen atoms in total. The van der Waals surface area contributed by atoms with E-state index in [-0.39, 0.29) is 17.2 Å². The Kier molecular flexibility index (Phi) is 2.74. The summed E-state index contributed by atoms with van der Waals surface area (Å²) in [5.74, 6) is 0.242. The molecular formula is C12H18N2O2. The van der Waals surface area contributed by atoms with Gasteiger partial charge in [0.2, 0.25) is 11.8 Å². The van der Waals surface area contributed by atoms with Crippen LogP contribution < -0.4 is 0 Å². The maximum absolute atomic E-state index is 12.0. The summed E-state index contributed by atoms with van der Waals surface area (Å²) in [6, 6.07) is 0. The van der Waals surface area contributed by atoms with E-state index in [1.165, 1.54) is 6.08 Å². The predicted octanol–water partition coefficient (Wildman–Crippen LogP) is 0.643. The summed E-state index contributed by atoms with van der Waals surface area (Å²) in [6.45, 7) is 5.71. The Morgan fingerprint density at radius 1 is 1.31 bits per heavy atom. The molecule has 2 fully saturated rings. The van der Waals surface area contributed by atoms with Gasteiger partial charge in [-0.2, -0.15) is 0 Å². The van der Waals surface area contributed by atoms with Crippen molar-refractivity contribution >= 4 is 11.8 Å². The summed E-state index contributed by atoms with van der Waals surface area (Å²) in [6.07, 6.45) is 3.89. The van der Waals surface area contributed by atoms with Gasteiger partial charge in [-0.15, -0.1) is 0 Å². The van der Waals surface area contributed by atoms with E-state index < -0.39 is 0 Å². The fourth-order valence-corrected chi connectivity index (χ4v) is 2.74. The van der Waals surface area contributed by atoms with Crippen LogP contribution in [0.15, 0.2) is 12.7 Å². The molecule has 0 radical (unpaired) electrons. The van der Waals surface area contributed by atoms with Gasteiger partial charge in [0.1, 0.15) is 0 Å². The van der Waals surface area contributed by atoms with Gasteiger partial charge in [-0.1, -0.05) is 6.58 Å². The SMILES string of the molecule is C=CC(=O)N1CCC2(CCN(C)C2=O)CC1. The Hall–Kier alpha value is -1.32. The molecule has 0 aromatic heterocycles. The average Bonchev–Trinajstić information content (AvgIpc) is 2.59. The Labute approximate surface area is 95.9 Å². The van der Waals surface area contributed by atoms with Crippen LogP contribution in [0.4, 0.5) is 0 Å². The van der Waals surface area contributed by atoms with Gasteiger partial charge in [-0.3, -0.25) is 9.59 Å². The van der Waals surface area contributed by atoms with Crippen molar-refractivity contribution in [3.05, 3.63) is 12.7 Å². The van der Waals surface area contributed by atoms with E-state index in [9.17, 15) is 9.59 Å². The molecule has 88 valence electrons. The van der Waals surface area contributed by atoms with E-state index in [4.69, 9.17) is 0 Å². The lowest BCUT2D eigenvalue weighted by molar-refractivity contribution is -0.140. The highest BCUT2D eigenvalue weighted by molar-refractivity contribution is 5.88. The summed E-state index contributed by atoms with van der Waals surface area (Å²) >= 11 is 0. The molecule has 4 heteroatoms. The summed E-state index contributed by atoms with van der Waals surface area (Å²) < 4.78 is 0. The fourth-order valence-electron chi connectivity index (χ4n) is 2.74. The third-order valence-corrected chi connectivity index (χ3v) is 3.93. The topological polar surface area (TPSA) is 40.6 Å². The zero-order chi connectivity index (χ0) is 11.8. The van der Waals surface area contributed by atoms with Gasteiger partial charge >= 0.3 is 0 Å². The first kappa shape index (κ1) is 11.2. The van der Waals surface area contributed by atoms with Gasteiger partial charge in [0.05, 0.1) is 5.41 Å². The largest absolute Gasteiger partial charge is 0.345 e. The smallest absolute Gasteiger partial charge is 0.245 e. The number of hydrogen-bond donors (Lipinski definition) is 0. The fraction of sp³-hybridized carbons (Fsp3) is 0.667. The minimum absolute atomic E-state index is 0.0198. The van der Waals surface area contributed by atoms with Crippen LogP contribution in [-0.2, 0) is 9.59 Å². The number of nitrogens with zero attached hydrogens (tertiary/aromatic N) is 2. The Morgan fingerprint density at radius 2 is 1.88 bits per heavy atom. The molecule has 2 saturated heterocycles. The molecular weight excluding hydrogens is 204 g/mol. The third kappa shape index (κ3) is 1.62. The normalized spacial score (nSPS) is 23.9. The summed E-state index contributed by atoms with van der Waals surface area (Å²) in [7, 11) is 1.86. The van der Waals surface area contributed by atoms with E-state index in [1.54, 1.807) is 4.90 Å². The molecule has 0 atom stereocenters. The second-order valence-corrected chi connectivity index (χ2v) is 4.79. The molecule has 2 heterocycles. The molecule has 1 spiro atoms. The van der Waals surface area contributed by atoms with E-state index in [0.29, 0.717) is 13.1 Å². The first-order chi connectivity index (χ1) is 7.59. The van der Waals surface area contributed by atoms with Gasteiger partial charge in [-0.25, -0.2) is 0 Å². The van der Waals surface area contributed by atoms with Crippen LogP contribution in [0.25, 0.3) is 0 Å². The van der Waals surface area contributed by atoms with E-state index in [1.807, 2.05) is 11.9 Å². The molecule has 2 rings (SSSR count). The molecule has 0 aromatic carbocycles. The Bertz CT molecular complexity index is 330. The monoisotopic (exact) mass is 222 g/mol. The third-order valence-electron chi connectivity index (χ3n) is 3.93. The number of likely N-dealkylation sites (tertiary alicyclic amines) is 2. The zero-order valence-electron chi connectivity index (χ0n) is 9.74. The van der Waals surface area contributed by atoms with Gasteiger partial charge in [0, 0.05) is 26.7 Å². The minimum atomic E-state index is -0.174. The first-order valence-electron chi connectivity index (χ1n) is 5.76. The molecule has 0 aromatic rings.